The van der Waals surface area contributed by atoms with E-state index in [2.05, 4.69) is 0 Å². The molecule has 1 aliphatic heterocycles. The lowest BCUT2D eigenvalue weighted by Crippen LogP contribution is -2.50. The number of alkyl halides is 3. The van der Waals surface area contributed by atoms with Gasteiger partial charge in [0.05, 0.1) is 6.54 Å². The van der Waals surface area contributed by atoms with Crippen LogP contribution in [0.5, 0.6) is 0 Å². The van der Waals surface area contributed by atoms with E-state index < -0.39 is 18.8 Å². The molecule has 0 radical (unpaired) electrons. The molecule has 2 rings (SSSR count). The highest BCUT2D eigenvalue weighted by molar-refractivity contribution is 5.21. The third-order valence-corrected chi connectivity index (χ3v) is 3.63. The maximum atomic E-state index is 13.6. The van der Waals surface area contributed by atoms with Crippen LogP contribution in [-0.4, -0.2) is 55.2 Å². The number of hydrogen-bond acceptors (Lipinski definition) is 3. The van der Waals surface area contributed by atoms with Gasteiger partial charge >= 0.3 is 6.18 Å². The average Bonchev–Trinajstić information content (AvgIpc) is 2.40. The zero-order chi connectivity index (χ0) is 15.5. The van der Waals surface area contributed by atoms with E-state index in [4.69, 9.17) is 5.73 Å². The zero-order valence-electron chi connectivity index (χ0n) is 11.6. The van der Waals surface area contributed by atoms with Crippen molar-refractivity contribution in [1.29, 1.82) is 0 Å². The van der Waals surface area contributed by atoms with E-state index in [0.29, 0.717) is 38.3 Å². The van der Waals surface area contributed by atoms with Crippen molar-refractivity contribution in [2.75, 3.05) is 39.3 Å². The number of benzene rings is 1. The minimum absolute atomic E-state index is 0.347. The van der Waals surface area contributed by atoms with E-state index in [9.17, 15) is 17.6 Å². The summed E-state index contributed by atoms with van der Waals surface area (Å²) in [7, 11) is 0. The molecule has 3 nitrogen and oxygen atoms in total. The van der Waals surface area contributed by atoms with Crippen molar-refractivity contribution in [2.45, 2.75) is 12.2 Å². The number of hydrogen-bond donors (Lipinski definition) is 1. The lowest BCUT2D eigenvalue weighted by Gasteiger charge is -2.36. The average molecular weight is 305 g/mol. The van der Waals surface area contributed by atoms with Gasteiger partial charge in [-0.1, -0.05) is 18.2 Å². The summed E-state index contributed by atoms with van der Waals surface area (Å²) in [6, 6.07) is 5.84. The van der Waals surface area contributed by atoms with E-state index in [1.165, 1.54) is 11.0 Å². The molecular formula is C14H19F4N3. The number of piperazine rings is 1. The van der Waals surface area contributed by atoms with Crippen molar-refractivity contribution in [1.82, 2.24) is 9.80 Å². The molecule has 118 valence electrons. The van der Waals surface area contributed by atoms with Gasteiger partial charge in [0.1, 0.15) is 5.82 Å². The molecule has 1 unspecified atom stereocenters. The van der Waals surface area contributed by atoms with E-state index in [-0.39, 0.29) is 5.82 Å². The fraction of sp³-hybridized carbons (Fsp3) is 0.571. The lowest BCUT2D eigenvalue weighted by molar-refractivity contribution is -0.149. The Labute approximate surface area is 121 Å². The molecule has 1 aromatic carbocycles. The third-order valence-electron chi connectivity index (χ3n) is 3.63. The molecule has 0 spiro atoms. The summed E-state index contributed by atoms with van der Waals surface area (Å²) in [4.78, 5) is 3.36. The SMILES string of the molecule is NC(CN1CCN(CC(F)(F)F)CC1)c1ccccc1F. The van der Waals surface area contributed by atoms with Crippen LogP contribution in [0.15, 0.2) is 24.3 Å². The normalized spacial score (nSPS) is 19.7. The summed E-state index contributed by atoms with van der Waals surface area (Å²) < 4.78 is 50.5. The summed E-state index contributed by atoms with van der Waals surface area (Å²) >= 11 is 0. The Hall–Kier alpha value is -1.18. The Balaban J connectivity index is 1.82. The van der Waals surface area contributed by atoms with Crippen molar-refractivity contribution in [3.8, 4) is 0 Å². The van der Waals surface area contributed by atoms with Crippen molar-refractivity contribution in [3.63, 3.8) is 0 Å². The second-order valence-corrected chi connectivity index (χ2v) is 5.32. The van der Waals surface area contributed by atoms with Gasteiger partial charge in [-0.25, -0.2) is 4.39 Å². The second-order valence-electron chi connectivity index (χ2n) is 5.32. The highest BCUT2D eigenvalue weighted by Gasteiger charge is 2.32. The Kier molecular flexibility index (Phi) is 5.18. The molecule has 1 heterocycles. The van der Waals surface area contributed by atoms with E-state index in [0.717, 1.165) is 0 Å². The van der Waals surface area contributed by atoms with E-state index in [1.807, 2.05) is 4.90 Å². The fourth-order valence-corrected chi connectivity index (χ4v) is 2.54. The predicted molar refractivity (Wildman–Crippen MR) is 72.3 cm³/mol. The smallest absolute Gasteiger partial charge is 0.323 e. The van der Waals surface area contributed by atoms with Crippen LogP contribution in [0.3, 0.4) is 0 Å². The van der Waals surface area contributed by atoms with Gasteiger partial charge in [-0.05, 0) is 6.07 Å². The van der Waals surface area contributed by atoms with Gasteiger partial charge < -0.3 is 5.73 Å². The maximum absolute atomic E-state index is 13.6. The standard InChI is InChI=1S/C14H19F4N3/c15-12-4-2-1-3-11(12)13(19)9-20-5-7-21(8-6-20)10-14(16,17)18/h1-4,13H,5-10,19H2. The largest absolute Gasteiger partial charge is 0.401 e. The van der Waals surface area contributed by atoms with Crippen molar-refractivity contribution >= 4 is 0 Å². The molecule has 1 fully saturated rings. The van der Waals surface area contributed by atoms with Gasteiger partial charge in [-0.2, -0.15) is 13.2 Å². The lowest BCUT2D eigenvalue weighted by atomic mass is 10.1. The Morgan fingerprint density at radius 1 is 1.05 bits per heavy atom. The summed E-state index contributed by atoms with van der Waals surface area (Å²) in [6.45, 7) is 1.30. The van der Waals surface area contributed by atoms with Crippen LogP contribution in [-0.2, 0) is 0 Å². The molecule has 0 aromatic heterocycles. The molecule has 0 saturated carbocycles. The van der Waals surface area contributed by atoms with E-state index in [1.54, 1.807) is 18.2 Å². The number of nitrogens with two attached hydrogens (primary N) is 1. The van der Waals surface area contributed by atoms with Crippen LogP contribution >= 0.6 is 0 Å². The minimum Gasteiger partial charge on any atom is -0.323 e. The first-order valence-corrected chi connectivity index (χ1v) is 6.86. The Bertz CT molecular complexity index is 456. The summed E-state index contributed by atoms with van der Waals surface area (Å²) in [6.07, 6.45) is -4.16. The topological polar surface area (TPSA) is 32.5 Å². The quantitative estimate of drug-likeness (QED) is 0.864. The molecule has 1 aliphatic rings. The monoisotopic (exact) mass is 305 g/mol. The minimum atomic E-state index is -4.16. The van der Waals surface area contributed by atoms with Gasteiger partial charge in [-0.3, -0.25) is 9.80 Å². The van der Waals surface area contributed by atoms with Crippen molar-refractivity contribution in [3.05, 3.63) is 35.6 Å². The highest BCUT2D eigenvalue weighted by Crippen LogP contribution is 2.19. The van der Waals surface area contributed by atoms with Crippen molar-refractivity contribution < 1.29 is 17.6 Å². The molecule has 7 heteroatoms. The summed E-state index contributed by atoms with van der Waals surface area (Å²) in [5.74, 6) is -0.347. The van der Waals surface area contributed by atoms with Gasteiger partial charge in [0.25, 0.3) is 0 Å². The van der Waals surface area contributed by atoms with Crippen LogP contribution < -0.4 is 5.73 Å². The van der Waals surface area contributed by atoms with Crippen LogP contribution in [0.1, 0.15) is 11.6 Å². The highest BCUT2D eigenvalue weighted by atomic mass is 19.4. The molecular weight excluding hydrogens is 286 g/mol. The predicted octanol–water partition coefficient (Wildman–Crippen LogP) is 2.01. The summed E-state index contributed by atoms with van der Waals surface area (Å²) in [5.41, 5.74) is 6.43. The molecule has 0 aliphatic carbocycles. The van der Waals surface area contributed by atoms with Gasteiger partial charge in [0.15, 0.2) is 0 Å². The molecule has 0 bridgehead atoms. The van der Waals surface area contributed by atoms with Crippen LogP contribution in [0, 0.1) is 5.82 Å². The van der Waals surface area contributed by atoms with Crippen LogP contribution in [0.25, 0.3) is 0 Å². The molecule has 21 heavy (non-hydrogen) atoms. The van der Waals surface area contributed by atoms with Gasteiger partial charge in [0.2, 0.25) is 0 Å². The first-order chi connectivity index (χ1) is 9.85. The zero-order valence-corrected chi connectivity index (χ0v) is 11.6. The van der Waals surface area contributed by atoms with Crippen LogP contribution in [0.4, 0.5) is 17.6 Å². The van der Waals surface area contributed by atoms with Gasteiger partial charge in [0, 0.05) is 44.3 Å². The molecule has 1 aromatic rings. The molecule has 1 atom stereocenters. The van der Waals surface area contributed by atoms with E-state index >= 15 is 0 Å². The number of rotatable bonds is 4. The van der Waals surface area contributed by atoms with Gasteiger partial charge in [-0.15, -0.1) is 0 Å². The Morgan fingerprint density at radius 2 is 1.62 bits per heavy atom. The summed E-state index contributed by atoms with van der Waals surface area (Å²) in [5, 5.41) is 0. The molecule has 0 amide bonds. The molecule has 1 saturated heterocycles. The van der Waals surface area contributed by atoms with Crippen LogP contribution in [0.2, 0.25) is 0 Å². The fourth-order valence-electron chi connectivity index (χ4n) is 2.54. The third kappa shape index (κ3) is 4.94. The first kappa shape index (κ1) is 16.2. The maximum Gasteiger partial charge on any atom is 0.401 e. The number of nitrogens with zero attached hydrogens (tertiary/aromatic N) is 2. The first-order valence-electron chi connectivity index (χ1n) is 6.86. The molecule has 2 N–H and O–H groups in total. The second kappa shape index (κ2) is 6.72. The Morgan fingerprint density at radius 3 is 2.19 bits per heavy atom. The van der Waals surface area contributed by atoms with Crippen molar-refractivity contribution in [2.24, 2.45) is 5.73 Å². The number of halogens is 4.